The van der Waals surface area contributed by atoms with Crippen LogP contribution in [0, 0.1) is 5.92 Å². The van der Waals surface area contributed by atoms with Crippen LogP contribution in [0.15, 0.2) is 93.3 Å². The molecule has 2 aromatic carbocycles. The number of aromatic nitrogens is 1. The number of nitrogens with one attached hydrogen (secondary N) is 1. The summed E-state index contributed by atoms with van der Waals surface area (Å²) in [7, 11) is 0. The second kappa shape index (κ2) is 8.96. The van der Waals surface area contributed by atoms with E-state index in [0.29, 0.717) is 27.0 Å². The average Bonchev–Trinajstić information content (AvgIpc) is 3.58. The van der Waals surface area contributed by atoms with Crippen LogP contribution in [0.4, 0.5) is 11.4 Å². The maximum Gasteiger partial charge on any atom is 0.308 e. The highest BCUT2D eigenvalue weighted by molar-refractivity contribution is 8.00. The lowest BCUT2D eigenvalue weighted by Gasteiger charge is -2.29. The molecule has 0 aliphatic carbocycles. The third kappa shape index (κ3) is 3.69. The number of nitrogens with zero attached hydrogens (tertiary/aromatic N) is 2. The number of para-hydroxylation sites is 2. The molecule has 0 spiro atoms. The Kier molecular flexibility index (Phi) is 5.62. The molecule has 1 fully saturated rings. The van der Waals surface area contributed by atoms with Gasteiger partial charge in [0.15, 0.2) is 0 Å². The van der Waals surface area contributed by atoms with Crippen LogP contribution in [0.3, 0.4) is 0 Å². The molecular formula is C26H19N3O5S2. The molecule has 2 aliphatic heterocycles. The largest absolute Gasteiger partial charge is 0.469 e. The van der Waals surface area contributed by atoms with Crippen molar-refractivity contribution in [2.75, 3.05) is 10.2 Å². The van der Waals surface area contributed by atoms with Gasteiger partial charge in [-0.1, -0.05) is 59.5 Å². The summed E-state index contributed by atoms with van der Waals surface area (Å²) in [6, 6.07) is 21.2. The molecule has 36 heavy (non-hydrogen) atoms. The van der Waals surface area contributed by atoms with Crippen molar-refractivity contribution < 1.29 is 18.8 Å². The molecule has 180 valence electrons. The molecule has 3 atom stereocenters. The van der Waals surface area contributed by atoms with Crippen LogP contribution < -0.4 is 15.1 Å². The number of anilines is 2. The summed E-state index contributed by atoms with van der Waals surface area (Å²) < 4.78 is 7.08. The van der Waals surface area contributed by atoms with Crippen LogP contribution in [0.2, 0.25) is 0 Å². The van der Waals surface area contributed by atoms with E-state index in [2.05, 4.69) is 5.32 Å². The summed E-state index contributed by atoms with van der Waals surface area (Å²) in [6.45, 7) is -0.209. The highest BCUT2D eigenvalue weighted by Gasteiger charge is 2.57. The van der Waals surface area contributed by atoms with Crippen LogP contribution >= 0.6 is 23.1 Å². The van der Waals surface area contributed by atoms with Crippen molar-refractivity contribution in [3.63, 3.8) is 0 Å². The van der Waals surface area contributed by atoms with E-state index >= 15 is 0 Å². The van der Waals surface area contributed by atoms with E-state index in [1.54, 1.807) is 60.7 Å². The highest BCUT2D eigenvalue weighted by atomic mass is 32.2. The van der Waals surface area contributed by atoms with Crippen molar-refractivity contribution in [2.24, 2.45) is 5.92 Å². The lowest BCUT2D eigenvalue weighted by Crippen LogP contribution is -2.32. The summed E-state index contributed by atoms with van der Waals surface area (Å²) >= 11 is 2.16. The van der Waals surface area contributed by atoms with Gasteiger partial charge in [0.25, 0.3) is 0 Å². The predicted octanol–water partition coefficient (Wildman–Crippen LogP) is 3.94. The van der Waals surface area contributed by atoms with Crippen molar-refractivity contribution in [1.29, 1.82) is 0 Å². The quantitative estimate of drug-likeness (QED) is 0.403. The second-order valence-corrected chi connectivity index (χ2v) is 10.6. The Hall–Kier alpha value is -3.89. The molecule has 0 bridgehead atoms. The summed E-state index contributed by atoms with van der Waals surface area (Å²) in [5.41, 5.74) is 1.12. The Bertz CT molecular complexity index is 1510. The van der Waals surface area contributed by atoms with Gasteiger partial charge in [-0.25, -0.2) is 4.90 Å². The monoisotopic (exact) mass is 517 g/mol. The molecule has 6 rings (SSSR count). The second-order valence-electron chi connectivity index (χ2n) is 8.44. The molecule has 0 radical (unpaired) electrons. The first-order valence-corrected chi connectivity index (χ1v) is 12.9. The number of fused-ring (bicyclic) bond motifs is 2. The third-order valence-electron chi connectivity index (χ3n) is 6.27. The van der Waals surface area contributed by atoms with Crippen molar-refractivity contribution in [2.45, 2.75) is 22.7 Å². The zero-order valence-electron chi connectivity index (χ0n) is 18.7. The summed E-state index contributed by atoms with van der Waals surface area (Å²) in [4.78, 5) is 54.6. The SMILES string of the molecule is O=C(Cn1c2c(sc1=O)[C@H](c1ccco1)C1C(=O)N(c3ccccc3)C(=O)C1S2)Nc1ccccc1. The standard InChI is InChI=1S/C26H19N3O5S2/c30-18(27-15-8-3-1-4-9-15)14-28-25-22(36-26(28)33)19(17-12-7-13-34-17)20-21(35-25)24(32)29(23(20)31)16-10-5-2-6-11-16/h1-13,19-21H,14H2,(H,27,30)/t19-,20?,21?/m1/s1. The van der Waals surface area contributed by atoms with Gasteiger partial charge in [0, 0.05) is 5.69 Å². The molecule has 1 N–H and O–H groups in total. The number of carbonyl (C=O) groups excluding carboxylic acids is 3. The predicted molar refractivity (Wildman–Crippen MR) is 136 cm³/mol. The summed E-state index contributed by atoms with van der Waals surface area (Å²) in [5.74, 6) is -1.87. The number of carbonyl (C=O) groups is 3. The normalized spacial score (nSPS) is 20.8. The molecular weight excluding hydrogens is 498 g/mol. The molecule has 3 amide bonds. The van der Waals surface area contributed by atoms with Crippen molar-refractivity contribution in [3.8, 4) is 0 Å². The van der Waals surface area contributed by atoms with Crippen molar-refractivity contribution >= 4 is 52.2 Å². The van der Waals surface area contributed by atoms with Gasteiger partial charge in [-0.3, -0.25) is 23.7 Å². The van der Waals surface area contributed by atoms with Gasteiger partial charge >= 0.3 is 4.87 Å². The van der Waals surface area contributed by atoms with Crippen LogP contribution in [0.25, 0.3) is 0 Å². The fraction of sp³-hybridized carbons (Fsp3) is 0.154. The number of rotatable bonds is 5. The first-order chi connectivity index (χ1) is 17.5. The van der Waals surface area contributed by atoms with Gasteiger partial charge in [0.1, 0.15) is 17.6 Å². The summed E-state index contributed by atoms with van der Waals surface area (Å²) in [6.07, 6.45) is 1.51. The fourth-order valence-corrected chi connectivity index (χ4v) is 7.48. The van der Waals surface area contributed by atoms with E-state index in [9.17, 15) is 19.2 Å². The number of hydrogen-bond donors (Lipinski definition) is 1. The Morgan fingerprint density at radius 1 is 0.917 bits per heavy atom. The van der Waals surface area contributed by atoms with E-state index in [1.165, 1.54) is 27.5 Å². The minimum atomic E-state index is -0.752. The Morgan fingerprint density at radius 3 is 2.33 bits per heavy atom. The number of hydrogen-bond acceptors (Lipinski definition) is 7. The van der Waals surface area contributed by atoms with Gasteiger partial charge in [-0.05, 0) is 36.4 Å². The number of furan rings is 1. The number of thioether (sulfide) groups is 1. The molecule has 0 saturated carbocycles. The van der Waals surface area contributed by atoms with Gasteiger partial charge in [-0.15, -0.1) is 0 Å². The van der Waals surface area contributed by atoms with E-state index in [-0.39, 0.29) is 29.1 Å². The maximum absolute atomic E-state index is 13.6. The number of amides is 3. The minimum absolute atomic E-state index is 0.209. The molecule has 1 saturated heterocycles. The third-order valence-corrected chi connectivity index (χ3v) is 8.88. The van der Waals surface area contributed by atoms with E-state index < -0.39 is 17.1 Å². The molecule has 2 aliphatic rings. The molecule has 2 aromatic heterocycles. The molecule has 10 heteroatoms. The molecule has 2 unspecified atom stereocenters. The van der Waals surface area contributed by atoms with Gasteiger partial charge < -0.3 is 9.73 Å². The van der Waals surface area contributed by atoms with Crippen LogP contribution in [0.1, 0.15) is 16.6 Å². The zero-order chi connectivity index (χ0) is 24.8. The maximum atomic E-state index is 13.6. The van der Waals surface area contributed by atoms with Crippen molar-refractivity contribution in [3.05, 3.63) is 99.4 Å². The van der Waals surface area contributed by atoms with E-state index in [0.717, 1.165) is 11.3 Å². The minimum Gasteiger partial charge on any atom is -0.469 e. The smallest absolute Gasteiger partial charge is 0.308 e. The molecule has 4 heterocycles. The Balaban J connectivity index is 1.40. The van der Waals surface area contributed by atoms with Crippen LogP contribution in [-0.4, -0.2) is 27.5 Å². The van der Waals surface area contributed by atoms with Crippen LogP contribution in [-0.2, 0) is 20.9 Å². The van der Waals surface area contributed by atoms with E-state index in [1.807, 2.05) is 12.1 Å². The molecule has 4 aromatic rings. The Labute approximate surface area is 213 Å². The fourth-order valence-electron chi connectivity index (χ4n) is 4.73. The number of imide groups is 1. The van der Waals surface area contributed by atoms with Crippen molar-refractivity contribution in [1.82, 2.24) is 4.57 Å². The number of benzene rings is 2. The topological polar surface area (TPSA) is 102 Å². The lowest BCUT2D eigenvalue weighted by atomic mass is 9.87. The van der Waals surface area contributed by atoms with Gasteiger partial charge in [0.2, 0.25) is 17.7 Å². The summed E-state index contributed by atoms with van der Waals surface area (Å²) in [5, 5.41) is 2.56. The average molecular weight is 518 g/mol. The van der Waals surface area contributed by atoms with Gasteiger partial charge in [0.05, 0.1) is 33.7 Å². The first kappa shape index (κ1) is 22.6. The lowest BCUT2D eigenvalue weighted by molar-refractivity contribution is -0.122. The number of thiazole rings is 1. The van der Waals surface area contributed by atoms with Gasteiger partial charge in [-0.2, -0.15) is 0 Å². The van der Waals surface area contributed by atoms with Crippen LogP contribution in [0.5, 0.6) is 0 Å². The zero-order valence-corrected chi connectivity index (χ0v) is 20.3. The highest BCUT2D eigenvalue weighted by Crippen LogP contribution is 2.53. The molecule has 8 nitrogen and oxygen atoms in total. The first-order valence-electron chi connectivity index (χ1n) is 11.2. The Morgan fingerprint density at radius 2 is 1.64 bits per heavy atom. The van der Waals surface area contributed by atoms with E-state index in [4.69, 9.17) is 4.42 Å².